The molecule has 0 aliphatic carbocycles. The van der Waals surface area contributed by atoms with E-state index in [2.05, 4.69) is 10.4 Å². The summed E-state index contributed by atoms with van der Waals surface area (Å²) in [6.07, 6.45) is 1.51. The highest BCUT2D eigenvalue weighted by molar-refractivity contribution is 6.02. The number of aromatic nitrogens is 2. The Labute approximate surface area is 174 Å². The van der Waals surface area contributed by atoms with Gasteiger partial charge in [-0.15, -0.1) is 0 Å². The second kappa shape index (κ2) is 8.96. The molecule has 0 atom stereocenters. The topological polar surface area (TPSA) is 85.7 Å². The number of rotatable bonds is 6. The van der Waals surface area contributed by atoms with Crippen molar-refractivity contribution >= 4 is 28.3 Å². The number of hydrogen-bond acceptors (Lipinski definition) is 5. The van der Waals surface area contributed by atoms with Crippen molar-refractivity contribution in [2.75, 3.05) is 38.2 Å². The van der Waals surface area contributed by atoms with E-state index in [4.69, 9.17) is 9.47 Å². The summed E-state index contributed by atoms with van der Waals surface area (Å²) in [7, 11) is 0. The number of hydrogen-bond donors (Lipinski definition) is 1. The van der Waals surface area contributed by atoms with Gasteiger partial charge in [0.25, 0.3) is 11.8 Å². The van der Waals surface area contributed by atoms with E-state index >= 15 is 0 Å². The monoisotopic (exact) mass is 408 g/mol. The summed E-state index contributed by atoms with van der Waals surface area (Å²) in [5.74, 6) is 0.0935. The van der Waals surface area contributed by atoms with E-state index in [-0.39, 0.29) is 18.4 Å². The lowest BCUT2D eigenvalue weighted by Crippen LogP contribution is -2.41. The fraction of sp³-hybridized carbons (Fsp3) is 0.318. The number of nitrogens with zero attached hydrogens (tertiary/aromatic N) is 3. The van der Waals surface area contributed by atoms with Crippen molar-refractivity contribution in [3.63, 3.8) is 0 Å². The van der Waals surface area contributed by atoms with E-state index < -0.39 is 0 Å². The predicted octanol–water partition coefficient (Wildman–Crippen LogP) is 2.55. The van der Waals surface area contributed by atoms with Crippen molar-refractivity contribution in [1.82, 2.24) is 14.7 Å². The number of ether oxygens (including phenoxy) is 2. The largest absolute Gasteiger partial charge is 0.484 e. The maximum absolute atomic E-state index is 13.0. The Morgan fingerprint density at radius 1 is 1.13 bits per heavy atom. The molecule has 0 unspecified atom stereocenters. The number of nitrogens with one attached hydrogen (secondary N) is 1. The molecule has 0 spiro atoms. The van der Waals surface area contributed by atoms with Gasteiger partial charge in [0, 0.05) is 19.6 Å². The molecule has 8 heteroatoms. The van der Waals surface area contributed by atoms with E-state index in [9.17, 15) is 9.59 Å². The van der Waals surface area contributed by atoms with E-state index in [0.29, 0.717) is 50.0 Å². The quantitative estimate of drug-likeness (QED) is 0.678. The van der Waals surface area contributed by atoms with Gasteiger partial charge >= 0.3 is 0 Å². The lowest BCUT2D eigenvalue weighted by Gasteiger charge is -2.27. The minimum atomic E-state index is -0.352. The Hall–Kier alpha value is -3.39. The summed E-state index contributed by atoms with van der Waals surface area (Å²) < 4.78 is 12.6. The van der Waals surface area contributed by atoms with Crippen molar-refractivity contribution in [1.29, 1.82) is 0 Å². The van der Waals surface area contributed by atoms with Gasteiger partial charge in [0.15, 0.2) is 6.61 Å². The molecule has 1 N–H and O–H groups in total. The maximum Gasteiger partial charge on any atom is 0.274 e. The van der Waals surface area contributed by atoms with Gasteiger partial charge in [-0.3, -0.25) is 14.3 Å². The van der Waals surface area contributed by atoms with Gasteiger partial charge in [-0.25, -0.2) is 0 Å². The van der Waals surface area contributed by atoms with E-state index in [0.717, 1.165) is 10.8 Å². The van der Waals surface area contributed by atoms with Crippen LogP contribution in [-0.4, -0.2) is 59.4 Å². The molecule has 0 saturated carbocycles. The number of fused-ring (bicyclic) bond motifs is 1. The third-order valence-corrected chi connectivity index (χ3v) is 5.00. The average molecular weight is 408 g/mol. The standard InChI is InChI=1S/C22H24N4O4/c1-2-26-21(22(28)25-9-11-29-12-10-25)19(14-23-26)24-20(27)15-30-18-8-7-16-5-3-4-6-17(16)13-18/h3-8,13-14H,2,9-12,15H2,1H3,(H,24,27). The summed E-state index contributed by atoms with van der Waals surface area (Å²) in [6, 6.07) is 13.6. The molecule has 1 aliphatic rings. The number of morpholine rings is 1. The summed E-state index contributed by atoms with van der Waals surface area (Å²) in [4.78, 5) is 27.2. The zero-order valence-electron chi connectivity index (χ0n) is 16.8. The number of amides is 2. The molecule has 1 aliphatic heterocycles. The highest BCUT2D eigenvalue weighted by Crippen LogP contribution is 2.21. The molecule has 1 fully saturated rings. The smallest absolute Gasteiger partial charge is 0.274 e. The normalized spacial score (nSPS) is 14.0. The third kappa shape index (κ3) is 4.28. The van der Waals surface area contributed by atoms with Crippen LogP contribution in [0.2, 0.25) is 0 Å². The van der Waals surface area contributed by atoms with Gasteiger partial charge in [-0.2, -0.15) is 5.10 Å². The van der Waals surface area contributed by atoms with Crippen LogP contribution in [0, 0.1) is 0 Å². The van der Waals surface area contributed by atoms with Crippen LogP contribution in [0.1, 0.15) is 17.4 Å². The molecule has 2 heterocycles. The third-order valence-electron chi connectivity index (χ3n) is 5.00. The molecule has 156 valence electrons. The Morgan fingerprint density at radius 3 is 2.67 bits per heavy atom. The molecule has 8 nitrogen and oxygen atoms in total. The summed E-state index contributed by atoms with van der Waals surface area (Å²) in [5.41, 5.74) is 0.763. The van der Waals surface area contributed by atoms with Gasteiger partial charge in [0.2, 0.25) is 0 Å². The number of anilines is 1. The van der Waals surface area contributed by atoms with Crippen molar-refractivity contribution in [2.45, 2.75) is 13.5 Å². The van der Waals surface area contributed by atoms with Crippen LogP contribution in [0.15, 0.2) is 48.7 Å². The van der Waals surface area contributed by atoms with E-state index in [1.54, 1.807) is 9.58 Å². The average Bonchev–Trinajstić information content (AvgIpc) is 3.20. The SMILES string of the molecule is CCn1ncc(NC(=O)COc2ccc3ccccc3c2)c1C(=O)N1CCOCC1. The fourth-order valence-electron chi connectivity index (χ4n) is 3.45. The molecular formula is C22H24N4O4. The van der Waals surface area contributed by atoms with E-state index in [1.165, 1.54) is 6.20 Å². The first kappa shape index (κ1) is 19.9. The van der Waals surface area contributed by atoms with Crippen LogP contribution in [0.25, 0.3) is 10.8 Å². The molecule has 30 heavy (non-hydrogen) atoms. The first-order valence-electron chi connectivity index (χ1n) is 10.00. The molecule has 3 aromatic rings. The van der Waals surface area contributed by atoms with Gasteiger partial charge in [0.1, 0.15) is 11.4 Å². The Kier molecular flexibility index (Phi) is 5.94. The number of carbonyl (C=O) groups excluding carboxylic acids is 2. The zero-order chi connectivity index (χ0) is 20.9. The second-order valence-electron chi connectivity index (χ2n) is 6.97. The Balaban J connectivity index is 1.43. The van der Waals surface area contributed by atoms with Crippen LogP contribution in [0.5, 0.6) is 5.75 Å². The minimum absolute atomic E-state index is 0.164. The van der Waals surface area contributed by atoms with Crippen LogP contribution in [0.4, 0.5) is 5.69 Å². The number of carbonyl (C=O) groups is 2. The van der Waals surface area contributed by atoms with Crippen molar-refractivity contribution in [3.8, 4) is 5.75 Å². The first-order valence-corrected chi connectivity index (χ1v) is 10.00. The van der Waals surface area contributed by atoms with E-state index in [1.807, 2.05) is 49.4 Å². The van der Waals surface area contributed by atoms with Crippen molar-refractivity contribution < 1.29 is 19.1 Å². The second-order valence-corrected chi connectivity index (χ2v) is 6.97. The van der Waals surface area contributed by atoms with Crippen molar-refractivity contribution in [2.24, 2.45) is 0 Å². The highest BCUT2D eigenvalue weighted by atomic mass is 16.5. The van der Waals surface area contributed by atoms with Crippen molar-refractivity contribution in [3.05, 3.63) is 54.4 Å². The van der Waals surface area contributed by atoms with Gasteiger partial charge in [0.05, 0.1) is 25.1 Å². The number of benzene rings is 2. The summed E-state index contributed by atoms with van der Waals surface area (Å²) in [6.45, 7) is 4.31. The molecule has 2 amide bonds. The maximum atomic E-state index is 13.0. The first-order chi connectivity index (χ1) is 14.7. The van der Waals surface area contributed by atoms with Crippen LogP contribution in [0.3, 0.4) is 0 Å². The highest BCUT2D eigenvalue weighted by Gasteiger charge is 2.26. The summed E-state index contributed by atoms with van der Waals surface area (Å²) >= 11 is 0. The molecule has 1 saturated heterocycles. The van der Waals surface area contributed by atoms with Gasteiger partial charge in [-0.05, 0) is 29.8 Å². The van der Waals surface area contributed by atoms with Gasteiger partial charge < -0.3 is 19.7 Å². The summed E-state index contributed by atoms with van der Waals surface area (Å²) in [5, 5.41) is 9.15. The molecular weight excluding hydrogens is 384 g/mol. The van der Waals surface area contributed by atoms with Crippen LogP contribution in [-0.2, 0) is 16.1 Å². The zero-order valence-corrected chi connectivity index (χ0v) is 16.8. The lowest BCUT2D eigenvalue weighted by molar-refractivity contribution is -0.118. The lowest BCUT2D eigenvalue weighted by atomic mass is 10.1. The Bertz CT molecular complexity index is 1060. The minimum Gasteiger partial charge on any atom is -0.484 e. The number of aryl methyl sites for hydroxylation is 1. The van der Waals surface area contributed by atoms with Crippen LogP contribution >= 0.6 is 0 Å². The van der Waals surface area contributed by atoms with Crippen LogP contribution < -0.4 is 10.1 Å². The Morgan fingerprint density at radius 2 is 1.90 bits per heavy atom. The van der Waals surface area contributed by atoms with Gasteiger partial charge in [-0.1, -0.05) is 30.3 Å². The molecule has 2 aromatic carbocycles. The predicted molar refractivity (Wildman–Crippen MR) is 113 cm³/mol. The molecule has 1 aromatic heterocycles. The fourth-order valence-corrected chi connectivity index (χ4v) is 3.45. The molecule has 4 rings (SSSR count). The molecule has 0 radical (unpaired) electrons. The molecule has 0 bridgehead atoms.